The van der Waals surface area contributed by atoms with Crippen molar-refractivity contribution in [2.75, 3.05) is 19.8 Å². The van der Waals surface area contributed by atoms with E-state index in [-0.39, 0.29) is 12.5 Å². The molecule has 1 amide bonds. The molecule has 0 aliphatic rings. The van der Waals surface area contributed by atoms with Gasteiger partial charge in [0.1, 0.15) is 0 Å². The first-order valence-electron chi connectivity index (χ1n) is 8.01. The lowest BCUT2D eigenvalue weighted by Gasteiger charge is -2.33. The third-order valence-corrected chi connectivity index (χ3v) is 3.62. The molecule has 0 aliphatic carbocycles. The molecule has 128 valence electrons. The lowest BCUT2D eigenvalue weighted by atomic mass is 10.0. The molecule has 1 rings (SSSR count). The van der Waals surface area contributed by atoms with Crippen LogP contribution in [0.5, 0.6) is 0 Å². The molecule has 0 aliphatic heterocycles. The van der Waals surface area contributed by atoms with Gasteiger partial charge in [0.25, 0.3) is 5.91 Å². The number of nitrogens with one attached hydrogen (secondary N) is 1. The van der Waals surface area contributed by atoms with Crippen LogP contribution in [0.25, 0.3) is 0 Å². The molecule has 0 saturated heterocycles. The number of amides is 1. The number of pyridine rings is 1. The summed E-state index contributed by atoms with van der Waals surface area (Å²) in [7, 11) is 0. The normalized spacial score (nSPS) is 12.7. The second-order valence-electron chi connectivity index (χ2n) is 5.22. The monoisotopic (exact) mass is 322 g/mol. The van der Waals surface area contributed by atoms with Crippen molar-refractivity contribution >= 4 is 11.7 Å². The minimum atomic E-state index is -1.15. The van der Waals surface area contributed by atoms with Gasteiger partial charge in [-0.1, -0.05) is 19.9 Å². The van der Waals surface area contributed by atoms with Crippen molar-refractivity contribution in [1.82, 2.24) is 10.3 Å². The number of aromatic nitrogens is 1. The van der Waals surface area contributed by atoms with Crippen LogP contribution < -0.4 is 5.32 Å². The number of ether oxygens (including phenoxy) is 2. The molecule has 1 heterocycles. The maximum atomic E-state index is 12.0. The van der Waals surface area contributed by atoms with Crippen molar-refractivity contribution in [3.8, 4) is 0 Å². The van der Waals surface area contributed by atoms with Crippen molar-refractivity contribution in [2.45, 2.75) is 39.9 Å². The molecule has 0 aromatic carbocycles. The fraction of sp³-hybridized carbons (Fsp3) is 0.588. The Morgan fingerprint density at radius 2 is 1.91 bits per heavy atom. The van der Waals surface area contributed by atoms with Crippen molar-refractivity contribution < 1.29 is 19.1 Å². The van der Waals surface area contributed by atoms with E-state index >= 15 is 0 Å². The number of Topliss-reactive ketones (excluding diaryl/α,β-unsaturated/α-hetero) is 1. The van der Waals surface area contributed by atoms with Gasteiger partial charge in [0, 0.05) is 37.1 Å². The number of carbonyl (C=O) groups excluding carboxylic acids is 2. The standard InChI is InChI=1S/C17H26N2O4/c1-5-13(4)15(20)16(21)19-12-17(22-6-2,23-7-3)14-9-8-10-18-11-14/h8-11,13H,5-7,12H2,1-4H3,(H,19,21). The molecule has 0 spiro atoms. The zero-order valence-electron chi connectivity index (χ0n) is 14.3. The van der Waals surface area contributed by atoms with Gasteiger partial charge >= 0.3 is 0 Å². The van der Waals surface area contributed by atoms with Crippen LogP contribution in [0.15, 0.2) is 24.5 Å². The van der Waals surface area contributed by atoms with Crippen LogP contribution in [0.2, 0.25) is 0 Å². The summed E-state index contributed by atoms with van der Waals surface area (Å²) in [5, 5.41) is 2.64. The number of hydrogen-bond donors (Lipinski definition) is 1. The second-order valence-corrected chi connectivity index (χ2v) is 5.22. The average Bonchev–Trinajstić information content (AvgIpc) is 2.59. The fourth-order valence-electron chi connectivity index (χ4n) is 2.16. The summed E-state index contributed by atoms with van der Waals surface area (Å²) in [4.78, 5) is 28.1. The highest BCUT2D eigenvalue weighted by molar-refractivity contribution is 6.36. The number of ketones is 1. The van der Waals surface area contributed by atoms with Gasteiger partial charge in [-0.15, -0.1) is 0 Å². The van der Waals surface area contributed by atoms with Crippen molar-refractivity contribution in [3.63, 3.8) is 0 Å². The number of carbonyl (C=O) groups is 2. The molecule has 6 heteroatoms. The highest BCUT2D eigenvalue weighted by Crippen LogP contribution is 2.26. The molecule has 1 N–H and O–H groups in total. The molecule has 0 saturated carbocycles. The SMILES string of the molecule is CCOC(CNC(=O)C(=O)C(C)CC)(OCC)c1cccnc1. The molecule has 23 heavy (non-hydrogen) atoms. The third-order valence-electron chi connectivity index (χ3n) is 3.62. The zero-order valence-corrected chi connectivity index (χ0v) is 14.3. The largest absolute Gasteiger partial charge is 0.345 e. The quantitative estimate of drug-likeness (QED) is 0.527. The Hall–Kier alpha value is -1.79. The Morgan fingerprint density at radius 1 is 1.26 bits per heavy atom. The van der Waals surface area contributed by atoms with Crippen molar-refractivity contribution in [1.29, 1.82) is 0 Å². The van der Waals surface area contributed by atoms with Crippen LogP contribution in [0.1, 0.15) is 39.7 Å². The maximum absolute atomic E-state index is 12.0. The summed E-state index contributed by atoms with van der Waals surface area (Å²) < 4.78 is 11.6. The van der Waals surface area contributed by atoms with Gasteiger partial charge in [-0.2, -0.15) is 0 Å². The molecule has 0 bridgehead atoms. The molecule has 0 radical (unpaired) electrons. The minimum Gasteiger partial charge on any atom is -0.345 e. The number of hydrogen-bond acceptors (Lipinski definition) is 5. The predicted molar refractivity (Wildman–Crippen MR) is 86.6 cm³/mol. The van der Waals surface area contributed by atoms with E-state index < -0.39 is 17.5 Å². The summed E-state index contributed by atoms with van der Waals surface area (Å²) >= 11 is 0. The topological polar surface area (TPSA) is 77.5 Å². The van der Waals surface area contributed by atoms with Crippen LogP contribution in [0.4, 0.5) is 0 Å². The molecular weight excluding hydrogens is 296 g/mol. The average molecular weight is 322 g/mol. The van der Waals surface area contributed by atoms with Crippen LogP contribution in [0.3, 0.4) is 0 Å². The first-order valence-corrected chi connectivity index (χ1v) is 8.01. The molecule has 1 aromatic heterocycles. The van der Waals surface area contributed by atoms with E-state index in [1.807, 2.05) is 26.8 Å². The van der Waals surface area contributed by atoms with E-state index in [1.54, 1.807) is 25.4 Å². The van der Waals surface area contributed by atoms with E-state index in [1.165, 1.54) is 0 Å². The summed E-state index contributed by atoms with van der Waals surface area (Å²) in [5.41, 5.74) is 0.694. The Balaban J connectivity index is 2.93. The van der Waals surface area contributed by atoms with Gasteiger partial charge in [-0.25, -0.2) is 0 Å². The number of rotatable bonds is 10. The highest BCUT2D eigenvalue weighted by atomic mass is 16.7. The highest BCUT2D eigenvalue weighted by Gasteiger charge is 2.35. The van der Waals surface area contributed by atoms with Gasteiger partial charge in [0.15, 0.2) is 0 Å². The third kappa shape index (κ3) is 5.11. The smallest absolute Gasteiger partial charge is 0.287 e. The summed E-state index contributed by atoms with van der Waals surface area (Å²) in [6.07, 6.45) is 3.90. The Morgan fingerprint density at radius 3 is 2.39 bits per heavy atom. The van der Waals surface area contributed by atoms with Gasteiger partial charge < -0.3 is 14.8 Å². The predicted octanol–water partition coefficient (Wildman–Crippen LogP) is 2.04. The van der Waals surface area contributed by atoms with Gasteiger partial charge in [0.2, 0.25) is 11.6 Å². The van der Waals surface area contributed by atoms with E-state index in [9.17, 15) is 9.59 Å². The van der Waals surface area contributed by atoms with Crippen LogP contribution >= 0.6 is 0 Å². The molecule has 6 nitrogen and oxygen atoms in total. The van der Waals surface area contributed by atoms with E-state index in [2.05, 4.69) is 10.3 Å². The molecule has 1 unspecified atom stereocenters. The minimum absolute atomic E-state index is 0.0430. The zero-order chi connectivity index (χ0) is 17.3. The van der Waals surface area contributed by atoms with Crippen LogP contribution in [0, 0.1) is 5.92 Å². The van der Waals surface area contributed by atoms with Crippen molar-refractivity contribution in [2.24, 2.45) is 5.92 Å². The molecule has 1 atom stereocenters. The molecule has 0 fully saturated rings. The Bertz CT molecular complexity index is 499. The van der Waals surface area contributed by atoms with Gasteiger partial charge in [-0.05, 0) is 26.3 Å². The van der Waals surface area contributed by atoms with E-state index in [0.717, 1.165) is 0 Å². The Labute approximate surface area is 137 Å². The second kappa shape index (κ2) is 9.37. The first kappa shape index (κ1) is 19.3. The van der Waals surface area contributed by atoms with Crippen molar-refractivity contribution in [3.05, 3.63) is 30.1 Å². The lowest BCUT2D eigenvalue weighted by molar-refractivity contribution is -0.239. The molecule has 1 aromatic rings. The lowest BCUT2D eigenvalue weighted by Crippen LogP contribution is -2.47. The fourth-order valence-corrected chi connectivity index (χ4v) is 2.16. The van der Waals surface area contributed by atoms with Gasteiger partial charge in [0.05, 0.1) is 6.54 Å². The summed E-state index contributed by atoms with van der Waals surface area (Å²) in [6, 6.07) is 3.59. The van der Waals surface area contributed by atoms with E-state index in [4.69, 9.17) is 9.47 Å². The molecular formula is C17H26N2O4. The van der Waals surface area contributed by atoms with Crippen LogP contribution in [-0.4, -0.2) is 36.4 Å². The summed E-state index contributed by atoms with van der Waals surface area (Å²) in [5.74, 6) is -2.50. The van der Waals surface area contributed by atoms with E-state index in [0.29, 0.717) is 25.2 Å². The van der Waals surface area contributed by atoms with Crippen LogP contribution in [-0.2, 0) is 24.8 Å². The Kier molecular flexibility index (Phi) is 7.85. The first-order chi connectivity index (χ1) is 11.0. The summed E-state index contributed by atoms with van der Waals surface area (Å²) in [6.45, 7) is 8.12. The van der Waals surface area contributed by atoms with Gasteiger partial charge in [-0.3, -0.25) is 14.6 Å². The number of nitrogens with zero attached hydrogens (tertiary/aromatic N) is 1. The maximum Gasteiger partial charge on any atom is 0.287 e.